The number of amides is 1. The molecular weight excluding hydrogens is 526 g/mol. The molecule has 18 heteroatoms. The molecule has 16 nitrogen and oxygen atoms in total. The lowest BCUT2D eigenvalue weighted by Crippen LogP contribution is -2.72. The highest BCUT2D eigenvalue weighted by Crippen LogP contribution is 2.39. The molecule has 212 valence electrons. The maximum Gasteiger partial charge on any atom is 0.375 e. The molecule has 0 spiro atoms. The molecule has 0 bridgehead atoms. The van der Waals surface area contributed by atoms with Crippen LogP contribution in [0.3, 0.4) is 0 Å². The summed E-state index contributed by atoms with van der Waals surface area (Å²) in [4.78, 5) is 73.9. The van der Waals surface area contributed by atoms with E-state index < -0.39 is 91.4 Å². The molecule has 1 fully saturated rings. The van der Waals surface area contributed by atoms with Crippen LogP contribution in [0.5, 0.6) is 0 Å². The fourth-order valence-corrected chi connectivity index (χ4v) is 3.46. The number of halogens is 2. The predicted molar refractivity (Wildman–Crippen MR) is 115 cm³/mol. The Labute approximate surface area is 213 Å². The highest BCUT2D eigenvalue weighted by atomic mass is 19.2. The minimum atomic E-state index is -4.01. The summed E-state index contributed by atoms with van der Waals surface area (Å²) in [5.74, 6) is -11.3. The van der Waals surface area contributed by atoms with Crippen LogP contribution in [0.4, 0.5) is 8.78 Å². The standard InChI is InChI=1S/C20H26F2N4O12/c1-8(27)34-7-12(35-9(2)28)15(36-10(3)29)16-14(25-13(31)6-24-26-23)17(37-11(4)30)18(21)20(22,38-16)19(32)33-5/h12,14-18H,6-7H2,1-5H3,(H,25,31)/t12-,14?,15-,16?,17?,18?,20?/m1/s1. The predicted octanol–water partition coefficient (Wildman–Crippen LogP) is -0.285. The van der Waals surface area contributed by atoms with Gasteiger partial charge in [-0.15, -0.1) is 0 Å². The zero-order valence-electron chi connectivity index (χ0n) is 20.9. The van der Waals surface area contributed by atoms with Gasteiger partial charge in [0.2, 0.25) is 12.1 Å². The first kappa shape index (κ1) is 32.0. The Kier molecular flexibility index (Phi) is 11.8. The summed E-state index contributed by atoms with van der Waals surface area (Å²) in [5.41, 5.74) is 8.47. The fraction of sp³-hybridized carbons (Fsp3) is 0.700. The van der Waals surface area contributed by atoms with Crippen molar-refractivity contribution < 1.29 is 66.0 Å². The summed E-state index contributed by atoms with van der Waals surface area (Å²) in [6.45, 7) is 1.88. The second kappa shape index (κ2) is 14.0. The molecule has 1 heterocycles. The van der Waals surface area contributed by atoms with Crippen molar-refractivity contribution in [1.29, 1.82) is 0 Å². The first-order valence-corrected chi connectivity index (χ1v) is 10.7. The van der Waals surface area contributed by atoms with Crippen LogP contribution >= 0.6 is 0 Å². The third-order valence-electron chi connectivity index (χ3n) is 4.79. The zero-order valence-corrected chi connectivity index (χ0v) is 20.9. The van der Waals surface area contributed by atoms with Crippen LogP contribution in [0.2, 0.25) is 0 Å². The molecule has 38 heavy (non-hydrogen) atoms. The van der Waals surface area contributed by atoms with Crippen molar-refractivity contribution in [3.8, 4) is 0 Å². The third kappa shape index (κ3) is 8.52. The summed E-state index contributed by atoms with van der Waals surface area (Å²) in [6.07, 6.45) is -11.4. The van der Waals surface area contributed by atoms with Crippen LogP contribution in [0.1, 0.15) is 27.7 Å². The summed E-state index contributed by atoms with van der Waals surface area (Å²) < 4.78 is 60.4. The van der Waals surface area contributed by atoms with Crippen LogP contribution in [-0.2, 0) is 57.2 Å². The first-order valence-electron chi connectivity index (χ1n) is 10.7. The molecule has 0 aliphatic carbocycles. The Morgan fingerprint density at radius 2 is 1.66 bits per heavy atom. The van der Waals surface area contributed by atoms with Gasteiger partial charge in [0.05, 0.1) is 13.2 Å². The molecule has 7 atom stereocenters. The van der Waals surface area contributed by atoms with E-state index in [1.807, 2.05) is 0 Å². The number of azide groups is 1. The largest absolute Gasteiger partial charge is 0.465 e. The monoisotopic (exact) mass is 552 g/mol. The summed E-state index contributed by atoms with van der Waals surface area (Å²) in [7, 11) is 0.690. The fourth-order valence-electron chi connectivity index (χ4n) is 3.46. The first-order chi connectivity index (χ1) is 17.7. The molecule has 1 amide bonds. The molecule has 1 aliphatic heterocycles. The van der Waals surface area contributed by atoms with Crippen LogP contribution < -0.4 is 5.32 Å². The lowest BCUT2D eigenvalue weighted by Gasteiger charge is -2.47. The van der Waals surface area contributed by atoms with E-state index >= 15 is 8.78 Å². The third-order valence-corrected chi connectivity index (χ3v) is 4.79. The molecule has 0 aromatic rings. The normalized spacial score (nSPS) is 25.9. The average Bonchev–Trinajstić information content (AvgIpc) is 2.82. The molecule has 0 aromatic carbocycles. The van der Waals surface area contributed by atoms with Crippen LogP contribution in [0.25, 0.3) is 10.4 Å². The smallest absolute Gasteiger partial charge is 0.375 e. The number of carbonyl (C=O) groups is 6. The van der Waals surface area contributed by atoms with E-state index in [-0.39, 0.29) is 0 Å². The van der Waals surface area contributed by atoms with Crippen molar-refractivity contribution in [2.45, 2.75) is 70.2 Å². The molecule has 0 saturated carbocycles. The van der Waals surface area contributed by atoms with Gasteiger partial charge in [0.15, 0.2) is 18.3 Å². The van der Waals surface area contributed by atoms with Crippen molar-refractivity contribution in [3.63, 3.8) is 0 Å². The molecule has 0 radical (unpaired) electrons. The van der Waals surface area contributed by atoms with Crippen LogP contribution in [-0.4, -0.2) is 98.5 Å². The highest BCUT2D eigenvalue weighted by Gasteiger charge is 2.65. The van der Waals surface area contributed by atoms with Gasteiger partial charge in [0.1, 0.15) is 19.3 Å². The van der Waals surface area contributed by atoms with Gasteiger partial charge in [0, 0.05) is 32.6 Å². The lowest BCUT2D eigenvalue weighted by molar-refractivity contribution is -0.298. The number of methoxy groups -OCH3 is 1. The van der Waals surface area contributed by atoms with E-state index in [0.717, 1.165) is 27.7 Å². The van der Waals surface area contributed by atoms with Crippen molar-refractivity contribution in [1.82, 2.24) is 5.32 Å². The highest BCUT2D eigenvalue weighted by molar-refractivity contribution is 5.80. The van der Waals surface area contributed by atoms with Crippen molar-refractivity contribution in [2.75, 3.05) is 20.3 Å². The molecule has 1 rings (SSSR count). The molecule has 0 aromatic heterocycles. The van der Waals surface area contributed by atoms with Gasteiger partial charge in [-0.3, -0.25) is 24.0 Å². The van der Waals surface area contributed by atoms with Gasteiger partial charge < -0.3 is 33.7 Å². The molecule has 5 unspecified atom stereocenters. The van der Waals surface area contributed by atoms with Crippen molar-refractivity contribution >= 4 is 35.8 Å². The number of nitrogens with zero attached hydrogens (tertiary/aromatic N) is 3. The SMILES string of the molecule is COC(=O)C1(F)OC([C@H](OC(C)=O)[C@@H](COC(C)=O)OC(C)=O)C(NC(=O)CN=[N+]=[N-])C(OC(C)=O)C1F. The number of carbonyl (C=O) groups excluding carboxylic acids is 6. The van der Waals surface area contributed by atoms with Gasteiger partial charge in [-0.1, -0.05) is 5.11 Å². The Hall–Kier alpha value is -4.05. The summed E-state index contributed by atoms with van der Waals surface area (Å²) >= 11 is 0. The second-order valence-corrected chi connectivity index (χ2v) is 7.70. The average molecular weight is 552 g/mol. The van der Waals surface area contributed by atoms with Gasteiger partial charge in [-0.2, -0.15) is 4.39 Å². The summed E-state index contributed by atoms with van der Waals surface area (Å²) in [5, 5.41) is 5.13. The van der Waals surface area contributed by atoms with E-state index in [4.69, 9.17) is 29.2 Å². The molecule has 1 aliphatic rings. The van der Waals surface area contributed by atoms with Gasteiger partial charge in [-0.25, -0.2) is 9.18 Å². The Morgan fingerprint density at radius 1 is 1.05 bits per heavy atom. The number of rotatable bonds is 11. The Balaban J connectivity index is 3.81. The van der Waals surface area contributed by atoms with Gasteiger partial charge in [0.25, 0.3) is 0 Å². The Bertz CT molecular complexity index is 989. The quantitative estimate of drug-likeness (QED) is 0.115. The summed E-state index contributed by atoms with van der Waals surface area (Å²) in [6, 6.07) is -1.97. The number of alkyl halides is 2. The number of hydrogen-bond acceptors (Lipinski definition) is 13. The number of hydrogen-bond donors (Lipinski definition) is 1. The topological polar surface area (TPSA) is 219 Å². The van der Waals surface area contributed by atoms with Gasteiger partial charge >= 0.3 is 35.7 Å². The maximum atomic E-state index is 15.8. The number of ether oxygens (including phenoxy) is 6. The molecule has 1 saturated heterocycles. The van der Waals surface area contributed by atoms with Crippen LogP contribution in [0, 0.1) is 0 Å². The maximum absolute atomic E-state index is 15.8. The van der Waals surface area contributed by atoms with E-state index in [0.29, 0.717) is 7.11 Å². The van der Waals surface area contributed by atoms with E-state index in [2.05, 4.69) is 20.1 Å². The number of nitrogens with one attached hydrogen (secondary N) is 1. The van der Waals surface area contributed by atoms with Crippen LogP contribution in [0.15, 0.2) is 5.11 Å². The van der Waals surface area contributed by atoms with E-state index in [1.165, 1.54) is 0 Å². The van der Waals surface area contributed by atoms with Crippen molar-refractivity contribution in [2.24, 2.45) is 5.11 Å². The minimum Gasteiger partial charge on any atom is -0.465 e. The minimum absolute atomic E-state index is 0.690. The van der Waals surface area contributed by atoms with Crippen molar-refractivity contribution in [3.05, 3.63) is 10.4 Å². The molecule has 1 N–H and O–H groups in total. The van der Waals surface area contributed by atoms with E-state index in [9.17, 15) is 28.8 Å². The second-order valence-electron chi connectivity index (χ2n) is 7.70. The molecular formula is C20H26F2N4O12. The lowest BCUT2D eigenvalue weighted by atomic mass is 9.87. The van der Waals surface area contributed by atoms with Gasteiger partial charge in [-0.05, 0) is 5.53 Å². The zero-order chi connectivity index (χ0) is 29.2. The Morgan fingerprint density at radius 3 is 2.13 bits per heavy atom. The van der Waals surface area contributed by atoms with E-state index in [1.54, 1.807) is 0 Å². The number of esters is 5.